The normalized spacial score (nSPS) is 10.6. The van der Waals surface area contributed by atoms with Gasteiger partial charge in [0.2, 0.25) is 0 Å². The predicted octanol–water partition coefficient (Wildman–Crippen LogP) is 4.22. The summed E-state index contributed by atoms with van der Waals surface area (Å²) in [5, 5.41) is 0.880. The summed E-state index contributed by atoms with van der Waals surface area (Å²) in [6, 6.07) is 8.76. The number of carbonyl (C=O) groups is 1. The Bertz CT molecular complexity index is 602. The summed E-state index contributed by atoms with van der Waals surface area (Å²) >= 11 is 11.8. The Morgan fingerprint density at radius 2 is 1.90 bits per heavy atom. The van der Waals surface area contributed by atoms with Crippen molar-refractivity contribution in [1.29, 1.82) is 0 Å². The van der Waals surface area contributed by atoms with E-state index in [1.807, 2.05) is 12.1 Å². The second-order valence-electron chi connectivity index (χ2n) is 4.56. The number of halogens is 2. The topological polar surface area (TPSA) is 39.2 Å². The lowest BCUT2D eigenvalue weighted by Gasteiger charge is -2.06. The number of aryl methyl sites for hydroxylation is 1. The Morgan fingerprint density at radius 3 is 2.67 bits per heavy atom. The van der Waals surface area contributed by atoms with Gasteiger partial charge in [-0.15, -0.1) is 0 Å². The minimum Gasteiger partial charge on any atom is -0.373 e. The fraction of sp³-hybridized carbons (Fsp3) is 0.250. The maximum absolute atomic E-state index is 12.0. The molecule has 0 bridgehead atoms. The molecule has 21 heavy (non-hydrogen) atoms. The molecular formula is C16H15Cl2NO2. The van der Waals surface area contributed by atoms with E-state index in [2.05, 4.69) is 4.98 Å². The van der Waals surface area contributed by atoms with Gasteiger partial charge in [-0.25, -0.2) is 0 Å². The van der Waals surface area contributed by atoms with Gasteiger partial charge in [-0.2, -0.15) is 0 Å². The van der Waals surface area contributed by atoms with Crippen molar-refractivity contribution < 1.29 is 9.53 Å². The molecule has 0 aliphatic heterocycles. The molecule has 2 rings (SSSR count). The predicted molar refractivity (Wildman–Crippen MR) is 84.2 cm³/mol. The molecule has 3 nitrogen and oxygen atoms in total. The van der Waals surface area contributed by atoms with Gasteiger partial charge < -0.3 is 4.74 Å². The SMILES string of the molecule is O=C(COCCCc1ccncc1)c1cc(Cl)ccc1Cl. The number of hydrogen-bond acceptors (Lipinski definition) is 3. The Balaban J connectivity index is 1.73. The average Bonchev–Trinajstić information content (AvgIpc) is 2.50. The molecule has 0 aliphatic rings. The molecule has 0 spiro atoms. The number of hydrogen-bond donors (Lipinski definition) is 0. The highest BCUT2D eigenvalue weighted by Gasteiger charge is 2.11. The fourth-order valence-corrected chi connectivity index (χ4v) is 2.28. The third kappa shape index (κ3) is 5.12. The first-order chi connectivity index (χ1) is 10.2. The number of ketones is 1. The van der Waals surface area contributed by atoms with Crippen LogP contribution in [0.2, 0.25) is 10.0 Å². The van der Waals surface area contributed by atoms with Gasteiger partial charge in [-0.1, -0.05) is 23.2 Å². The van der Waals surface area contributed by atoms with E-state index in [9.17, 15) is 4.79 Å². The van der Waals surface area contributed by atoms with Gasteiger partial charge in [-0.3, -0.25) is 9.78 Å². The summed E-state index contributed by atoms with van der Waals surface area (Å²) in [7, 11) is 0. The highest BCUT2D eigenvalue weighted by Crippen LogP contribution is 2.21. The fourth-order valence-electron chi connectivity index (χ4n) is 1.88. The van der Waals surface area contributed by atoms with Gasteiger partial charge in [0.25, 0.3) is 0 Å². The molecule has 1 heterocycles. The largest absolute Gasteiger partial charge is 0.373 e. The third-order valence-corrected chi connectivity index (χ3v) is 3.53. The molecule has 2 aromatic rings. The molecule has 0 saturated heterocycles. The van der Waals surface area contributed by atoms with Crippen LogP contribution >= 0.6 is 23.2 Å². The molecule has 0 fully saturated rings. The Labute approximate surface area is 133 Å². The third-order valence-electron chi connectivity index (χ3n) is 2.97. The van der Waals surface area contributed by atoms with Gasteiger partial charge in [0, 0.05) is 29.6 Å². The number of nitrogens with zero attached hydrogens (tertiary/aromatic N) is 1. The van der Waals surface area contributed by atoms with Crippen LogP contribution in [-0.4, -0.2) is 24.0 Å². The van der Waals surface area contributed by atoms with Gasteiger partial charge in [0.1, 0.15) is 6.61 Å². The molecule has 0 radical (unpaired) electrons. The number of benzene rings is 1. The lowest BCUT2D eigenvalue weighted by Crippen LogP contribution is -2.10. The molecule has 0 N–H and O–H groups in total. The van der Waals surface area contributed by atoms with Crippen molar-refractivity contribution in [2.24, 2.45) is 0 Å². The standard InChI is InChI=1S/C16H15Cl2NO2/c17-13-3-4-15(18)14(10-13)16(20)11-21-9-1-2-12-5-7-19-8-6-12/h3-8,10H,1-2,9,11H2. The van der Waals surface area contributed by atoms with E-state index in [0.717, 1.165) is 12.8 Å². The number of rotatable bonds is 7. The van der Waals surface area contributed by atoms with Gasteiger partial charge >= 0.3 is 0 Å². The van der Waals surface area contributed by atoms with Crippen molar-refractivity contribution in [1.82, 2.24) is 4.98 Å². The summed E-state index contributed by atoms with van der Waals surface area (Å²) in [4.78, 5) is 15.9. The van der Waals surface area contributed by atoms with Crippen LogP contribution in [0.3, 0.4) is 0 Å². The van der Waals surface area contributed by atoms with E-state index < -0.39 is 0 Å². The smallest absolute Gasteiger partial charge is 0.190 e. The molecule has 0 aliphatic carbocycles. The van der Waals surface area contributed by atoms with Gasteiger partial charge in [-0.05, 0) is 48.7 Å². The molecule has 0 atom stereocenters. The Kier molecular flexibility index (Phi) is 6.18. The summed E-state index contributed by atoms with van der Waals surface area (Å²) in [5.41, 5.74) is 1.61. The van der Waals surface area contributed by atoms with Crippen LogP contribution in [0.4, 0.5) is 0 Å². The molecule has 0 unspecified atom stereocenters. The number of aromatic nitrogens is 1. The molecular weight excluding hydrogens is 309 g/mol. The highest BCUT2D eigenvalue weighted by atomic mass is 35.5. The zero-order valence-corrected chi connectivity index (χ0v) is 12.9. The second-order valence-corrected chi connectivity index (χ2v) is 5.40. The van der Waals surface area contributed by atoms with Crippen LogP contribution in [0.15, 0.2) is 42.7 Å². The van der Waals surface area contributed by atoms with Crippen LogP contribution in [0.1, 0.15) is 22.3 Å². The van der Waals surface area contributed by atoms with E-state index in [1.54, 1.807) is 30.6 Å². The first kappa shape index (κ1) is 16.0. The van der Waals surface area contributed by atoms with Crippen molar-refractivity contribution in [2.45, 2.75) is 12.8 Å². The second kappa shape index (κ2) is 8.13. The van der Waals surface area contributed by atoms with E-state index >= 15 is 0 Å². The lowest BCUT2D eigenvalue weighted by molar-refractivity contribution is 0.0756. The van der Waals surface area contributed by atoms with E-state index in [0.29, 0.717) is 22.2 Å². The first-order valence-corrected chi connectivity index (χ1v) is 7.37. The molecule has 0 saturated carbocycles. The zero-order chi connectivity index (χ0) is 15.1. The summed E-state index contributed by atoms with van der Waals surface area (Å²) in [6.07, 6.45) is 5.27. The molecule has 110 valence electrons. The number of carbonyl (C=O) groups excluding carboxylic acids is 1. The number of ether oxygens (including phenoxy) is 1. The van der Waals surface area contributed by atoms with Gasteiger partial charge in [0.15, 0.2) is 5.78 Å². The van der Waals surface area contributed by atoms with Crippen molar-refractivity contribution in [3.8, 4) is 0 Å². The van der Waals surface area contributed by atoms with Crippen LogP contribution in [-0.2, 0) is 11.2 Å². The summed E-state index contributed by atoms with van der Waals surface area (Å²) in [5.74, 6) is -0.161. The minimum atomic E-state index is -0.161. The maximum atomic E-state index is 12.0. The maximum Gasteiger partial charge on any atom is 0.190 e. The first-order valence-electron chi connectivity index (χ1n) is 6.61. The van der Waals surface area contributed by atoms with Crippen molar-refractivity contribution in [3.63, 3.8) is 0 Å². The minimum absolute atomic E-state index is 0.0103. The zero-order valence-electron chi connectivity index (χ0n) is 11.4. The van der Waals surface area contributed by atoms with Crippen LogP contribution < -0.4 is 0 Å². The number of Topliss-reactive ketones (excluding diaryl/α,β-unsaturated/α-hetero) is 1. The summed E-state index contributed by atoms with van der Waals surface area (Å²) in [6.45, 7) is 0.530. The number of pyridine rings is 1. The molecule has 5 heteroatoms. The van der Waals surface area contributed by atoms with Gasteiger partial charge in [0.05, 0.1) is 5.02 Å². The van der Waals surface area contributed by atoms with Crippen LogP contribution in [0.25, 0.3) is 0 Å². The average molecular weight is 324 g/mol. The monoisotopic (exact) mass is 323 g/mol. The van der Waals surface area contributed by atoms with Crippen LogP contribution in [0, 0.1) is 0 Å². The van der Waals surface area contributed by atoms with Crippen molar-refractivity contribution in [3.05, 3.63) is 63.9 Å². The Morgan fingerprint density at radius 1 is 1.14 bits per heavy atom. The van der Waals surface area contributed by atoms with E-state index in [1.165, 1.54) is 5.56 Å². The molecule has 0 amide bonds. The lowest BCUT2D eigenvalue weighted by atomic mass is 10.1. The van der Waals surface area contributed by atoms with Crippen molar-refractivity contribution in [2.75, 3.05) is 13.2 Å². The van der Waals surface area contributed by atoms with E-state index in [4.69, 9.17) is 27.9 Å². The Hall–Kier alpha value is -1.42. The van der Waals surface area contributed by atoms with E-state index in [-0.39, 0.29) is 12.4 Å². The highest BCUT2D eigenvalue weighted by molar-refractivity contribution is 6.35. The molecule has 1 aromatic carbocycles. The van der Waals surface area contributed by atoms with Crippen LogP contribution in [0.5, 0.6) is 0 Å². The summed E-state index contributed by atoms with van der Waals surface area (Å²) < 4.78 is 5.40. The van der Waals surface area contributed by atoms with Crippen molar-refractivity contribution >= 4 is 29.0 Å². The molecule has 1 aromatic heterocycles. The quantitative estimate of drug-likeness (QED) is 0.565.